The van der Waals surface area contributed by atoms with Crippen molar-refractivity contribution in [3.63, 3.8) is 0 Å². The Morgan fingerprint density at radius 2 is 1.82 bits per heavy atom. The zero-order valence-electron chi connectivity index (χ0n) is 14.4. The Kier molecular flexibility index (Phi) is 6.24. The molecule has 0 aromatic carbocycles. The first-order valence-electron chi connectivity index (χ1n) is 8.48. The molecule has 1 saturated heterocycles. The van der Waals surface area contributed by atoms with Gasteiger partial charge in [-0.15, -0.1) is 0 Å². The van der Waals surface area contributed by atoms with Crippen LogP contribution in [0.1, 0.15) is 52.9 Å². The Balaban J connectivity index is 1.64. The van der Waals surface area contributed by atoms with Gasteiger partial charge in [0.1, 0.15) is 5.60 Å². The number of methoxy groups -OCH3 is 1. The van der Waals surface area contributed by atoms with E-state index >= 15 is 0 Å². The van der Waals surface area contributed by atoms with Crippen molar-refractivity contribution in [2.24, 2.45) is 5.92 Å². The lowest BCUT2D eigenvalue weighted by Crippen LogP contribution is -2.34. The largest absolute Gasteiger partial charge is 0.460 e. The SMILES string of the molecule is CO[C@@H]1CN[C@H](COC2CCC(C(=O)OC(C)(C)C)CC2)C1. The van der Waals surface area contributed by atoms with E-state index in [-0.39, 0.29) is 18.0 Å². The van der Waals surface area contributed by atoms with Gasteiger partial charge in [0.05, 0.1) is 24.7 Å². The first kappa shape index (κ1) is 17.7. The number of esters is 1. The third-order valence-electron chi connectivity index (χ3n) is 4.46. The van der Waals surface area contributed by atoms with E-state index < -0.39 is 5.60 Å². The molecule has 1 heterocycles. The van der Waals surface area contributed by atoms with Crippen LogP contribution < -0.4 is 5.32 Å². The number of hydrogen-bond donors (Lipinski definition) is 1. The summed E-state index contributed by atoms with van der Waals surface area (Å²) in [4.78, 5) is 12.1. The van der Waals surface area contributed by atoms with Crippen molar-refractivity contribution in [2.75, 3.05) is 20.3 Å². The van der Waals surface area contributed by atoms with E-state index in [1.807, 2.05) is 20.8 Å². The molecule has 5 nitrogen and oxygen atoms in total. The summed E-state index contributed by atoms with van der Waals surface area (Å²) in [5.41, 5.74) is -0.392. The van der Waals surface area contributed by atoms with E-state index in [4.69, 9.17) is 14.2 Å². The zero-order valence-corrected chi connectivity index (χ0v) is 14.4. The minimum absolute atomic E-state index is 0.0431. The molecule has 0 aromatic rings. The molecule has 0 radical (unpaired) electrons. The Morgan fingerprint density at radius 3 is 2.36 bits per heavy atom. The molecule has 1 N–H and O–H groups in total. The summed E-state index contributed by atoms with van der Waals surface area (Å²) in [5.74, 6) is -0.00658. The van der Waals surface area contributed by atoms with Crippen molar-refractivity contribution >= 4 is 5.97 Å². The third kappa shape index (κ3) is 5.52. The van der Waals surface area contributed by atoms with E-state index in [2.05, 4.69) is 5.32 Å². The summed E-state index contributed by atoms with van der Waals surface area (Å²) < 4.78 is 16.8. The smallest absolute Gasteiger partial charge is 0.309 e. The van der Waals surface area contributed by atoms with Crippen molar-refractivity contribution in [3.05, 3.63) is 0 Å². The van der Waals surface area contributed by atoms with Crippen LogP contribution in [0.2, 0.25) is 0 Å². The molecular weight excluding hydrogens is 282 g/mol. The second-order valence-electron chi connectivity index (χ2n) is 7.54. The maximum atomic E-state index is 12.1. The number of ether oxygens (including phenoxy) is 3. The molecule has 0 bridgehead atoms. The lowest BCUT2D eigenvalue weighted by molar-refractivity contribution is -0.162. The summed E-state index contributed by atoms with van der Waals surface area (Å²) >= 11 is 0. The molecule has 128 valence electrons. The fourth-order valence-electron chi connectivity index (χ4n) is 3.19. The molecule has 2 aliphatic rings. The van der Waals surface area contributed by atoms with E-state index in [1.54, 1.807) is 7.11 Å². The Morgan fingerprint density at radius 1 is 1.14 bits per heavy atom. The first-order chi connectivity index (χ1) is 10.4. The van der Waals surface area contributed by atoms with Gasteiger partial charge in [0, 0.05) is 19.7 Å². The number of carbonyl (C=O) groups is 1. The van der Waals surface area contributed by atoms with Crippen molar-refractivity contribution in [1.29, 1.82) is 0 Å². The Labute approximate surface area is 134 Å². The normalized spacial score (nSPS) is 32.9. The Bertz CT molecular complexity index is 358. The van der Waals surface area contributed by atoms with Crippen molar-refractivity contribution in [1.82, 2.24) is 5.32 Å². The lowest BCUT2D eigenvalue weighted by atomic mass is 9.87. The number of nitrogens with one attached hydrogen (secondary N) is 1. The summed E-state index contributed by atoms with van der Waals surface area (Å²) in [5, 5.41) is 3.43. The predicted molar refractivity (Wildman–Crippen MR) is 84.7 cm³/mol. The Hall–Kier alpha value is -0.650. The van der Waals surface area contributed by atoms with Gasteiger partial charge in [0.15, 0.2) is 0 Å². The van der Waals surface area contributed by atoms with E-state index in [0.717, 1.165) is 45.3 Å². The van der Waals surface area contributed by atoms with Gasteiger partial charge in [-0.25, -0.2) is 0 Å². The molecule has 1 saturated carbocycles. The van der Waals surface area contributed by atoms with Gasteiger partial charge in [-0.2, -0.15) is 0 Å². The van der Waals surface area contributed by atoms with E-state index in [1.165, 1.54) is 0 Å². The lowest BCUT2D eigenvalue weighted by Gasteiger charge is -2.30. The van der Waals surface area contributed by atoms with Crippen molar-refractivity contribution in [3.8, 4) is 0 Å². The molecule has 0 spiro atoms. The number of rotatable bonds is 5. The first-order valence-corrected chi connectivity index (χ1v) is 8.48. The van der Waals surface area contributed by atoms with Gasteiger partial charge in [-0.1, -0.05) is 0 Å². The van der Waals surface area contributed by atoms with Gasteiger partial charge < -0.3 is 19.5 Å². The second-order valence-corrected chi connectivity index (χ2v) is 7.54. The summed E-state index contributed by atoms with van der Waals surface area (Å²) in [6, 6.07) is 0.397. The van der Waals surface area contributed by atoms with Crippen LogP contribution in [0.15, 0.2) is 0 Å². The van der Waals surface area contributed by atoms with Gasteiger partial charge in [-0.3, -0.25) is 4.79 Å². The average molecular weight is 313 g/mol. The van der Waals surface area contributed by atoms with Crippen molar-refractivity contribution in [2.45, 2.75) is 76.7 Å². The highest BCUT2D eigenvalue weighted by atomic mass is 16.6. The van der Waals surface area contributed by atoms with Crippen LogP contribution in [0, 0.1) is 5.92 Å². The summed E-state index contributed by atoms with van der Waals surface area (Å²) in [6.45, 7) is 7.40. The molecule has 2 fully saturated rings. The maximum absolute atomic E-state index is 12.1. The molecule has 22 heavy (non-hydrogen) atoms. The highest BCUT2D eigenvalue weighted by Crippen LogP contribution is 2.28. The highest BCUT2D eigenvalue weighted by molar-refractivity contribution is 5.72. The minimum atomic E-state index is -0.392. The van der Waals surface area contributed by atoms with Crippen LogP contribution >= 0.6 is 0 Å². The number of hydrogen-bond acceptors (Lipinski definition) is 5. The maximum Gasteiger partial charge on any atom is 0.309 e. The van der Waals surface area contributed by atoms with Crippen LogP contribution in [0.3, 0.4) is 0 Å². The quantitative estimate of drug-likeness (QED) is 0.789. The van der Waals surface area contributed by atoms with Crippen molar-refractivity contribution < 1.29 is 19.0 Å². The van der Waals surface area contributed by atoms with Crippen LogP contribution in [-0.4, -0.2) is 50.1 Å². The fraction of sp³-hybridized carbons (Fsp3) is 0.941. The topological polar surface area (TPSA) is 56.8 Å². The minimum Gasteiger partial charge on any atom is -0.460 e. The van der Waals surface area contributed by atoms with Crippen LogP contribution in [0.4, 0.5) is 0 Å². The van der Waals surface area contributed by atoms with E-state index in [9.17, 15) is 4.79 Å². The molecule has 1 aliphatic heterocycles. The van der Waals surface area contributed by atoms with Gasteiger partial charge in [-0.05, 0) is 52.9 Å². The van der Waals surface area contributed by atoms with Crippen LogP contribution in [-0.2, 0) is 19.0 Å². The number of carbonyl (C=O) groups excluding carboxylic acids is 1. The monoisotopic (exact) mass is 313 g/mol. The second kappa shape index (κ2) is 7.75. The van der Waals surface area contributed by atoms with Gasteiger partial charge >= 0.3 is 5.97 Å². The standard InChI is InChI=1S/C17H31NO4/c1-17(2,3)22-16(19)12-5-7-14(8-6-12)21-11-13-9-15(20-4)10-18-13/h12-15,18H,5-11H2,1-4H3/t12?,13-,14?,15-/m0/s1. The third-order valence-corrected chi connectivity index (χ3v) is 4.46. The fourth-order valence-corrected chi connectivity index (χ4v) is 3.19. The molecule has 2 atom stereocenters. The highest BCUT2D eigenvalue weighted by Gasteiger charge is 2.31. The molecular formula is C17H31NO4. The molecule has 2 rings (SSSR count). The molecule has 0 aromatic heterocycles. The molecule has 0 unspecified atom stereocenters. The van der Waals surface area contributed by atoms with E-state index in [0.29, 0.717) is 12.1 Å². The summed E-state index contributed by atoms with van der Waals surface area (Å²) in [7, 11) is 1.76. The predicted octanol–water partition coefficient (Wildman–Crippen LogP) is 2.28. The zero-order chi connectivity index (χ0) is 16.2. The van der Waals surface area contributed by atoms with Gasteiger partial charge in [0.2, 0.25) is 0 Å². The summed E-state index contributed by atoms with van der Waals surface area (Å²) in [6.07, 6.45) is 5.26. The molecule has 0 amide bonds. The van der Waals surface area contributed by atoms with Crippen LogP contribution in [0.5, 0.6) is 0 Å². The molecule has 5 heteroatoms. The molecule has 1 aliphatic carbocycles. The van der Waals surface area contributed by atoms with Gasteiger partial charge in [0.25, 0.3) is 0 Å². The average Bonchev–Trinajstić information content (AvgIpc) is 2.92. The van der Waals surface area contributed by atoms with Crippen LogP contribution in [0.25, 0.3) is 0 Å².